The van der Waals surface area contributed by atoms with Crippen LogP contribution in [0.3, 0.4) is 0 Å². The molecule has 0 amide bonds. The highest BCUT2D eigenvalue weighted by molar-refractivity contribution is 5.63. The molecule has 1 aromatic carbocycles. The molecule has 3 fully saturated rings. The quantitative estimate of drug-likeness (QED) is 0.776. The molecule has 1 aromatic rings. The number of benzene rings is 1. The van der Waals surface area contributed by atoms with Gasteiger partial charge in [0.25, 0.3) is 0 Å². The van der Waals surface area contributed by atoms with E-state index in [9.17, 15) is 8.78 Å². The molecule has 0 radical (unpaired) electrons. The van der Waals surface area contributed by atoms with Crippen LogP contribution in [-0.2, 0) is 4.74 Å². The number of rotatable bonds is 1. The van der Waals surface area contributed by atoms with E-state index in [1.165, 1.54) is 12.1 Å². The van der Waals surface area contributed by atoms with Crippen LogP contribution in [0.4, 0.5) is 20.2 Å². The zero-order chi connectivity index (χ0) is 12.7. The van der Waals surface area contributed by atoms with Gasteiger partial charge in [-0.3, -0.25) is 0 Å². The Morgan fingerprint density at radius 1 is 1.39 bits per heavy atom. The van der Waals surface area contributed by atoms with Crippen molar-refractivity contribution >= 4 is 11.4 Å². The number of halogens is 2. The Kier molecular flexibility index (Phi) is 1.74. The molecule has 5 heteroatoms. The number of hydrogen-bond acceptors (Lipinski definition) is 3. The van der Waals surface area contributed by atoms with Crippen molar-refractivity contribution < 1.29 is 13.5 Å². The fourth-order valence-corrected chi connectivity index (χ4v) is 3.86. The van der Waals surface area contributed by atoms with Crippen LogP contribution >= 0.6 is 0 Å². The van der Waals surface area contributed by atoms with Crippen LogP contribution in [0.25, 0.3) is 0 Å². The Balaban J connectivity index is 1.74. The van der Waals surface area contributed by atoms with Crippen molar-refractivity contribution in [2.24, 2.45) is 5.92 Å². The van der Waals surface area contributed by atoms with Gasteiger partial charge >= 0.3 is 0 Å². The van der Waals surface area contributed by atoms with E-state index in [-0.39, 0.29) is 29.1 Å². The minimum atomic E-state index is -0.578. The van der Waals surface area contributed by atoms with E-state index < -0.39 is 11.6 Å². The SMILES string of the molecule is C[C@H]1CC23C(CN2c2c(F)cc(N)cc2F)OC13. The first kappa shape index (κ1) is 10.6. The third kappa shape index (κ3) is 0.947. The summed E-state index contributed by atoms with van der Waals surface area (Å²) in [6.07, 6.45) is 1.23. The lowest BCUT2D eigenvalue weighted by Gasteiger charge is -2.77. The lowest BCUT2D eigenvalue weighted by atomic mass is 9.53. The minimum Gasteiger partial charge on any atom is -0.399 e. The second-order valence-corrected chi connectivity index (χ2v) is 5.66. The maximum atomic E-state index is 13.9. The number of hydrogen-bond donors (Lipinski definition) is 1. The van der Waals surface area contributed by atoms with Crippen molar-refractivity contribution in [3.05, 3.63) is 23.8 Å². The predicted molar refractivity (Wildman–Crippen MR) is 63.3 cm³/mol. The fraction of sp³-hybridized carbons (Fsp3) is 0.538. The van der Waals surface area contributed by atoms with Crippen molar-refractivity contribution in [3.8, 4) is 0 Å². The van der Waals surface area contributed by atoms with Gasteiger partial charge in [0.05, 0.1) is 11.6 Å². The smallest absolute Gasteiger partial charge is 0.151 e. The summed E-state index contributed by atoms with van der Waals surface area (Å²) in [5, 5.41) is 0. The Hall–Kier alpha value is -1.36. The highest BCUT2D eigenvalue weighted by Gasteiger charge is 2.75. The van der Waals surface area contributed by atoms with Crippen LogP contribution in [0.2, 0.25) is 0 Å². The van der Waals surface area contributed by atoms with Gasteiger partial charge < -0.3 is 15.4 Å². The van der Waals surface area contributed by atoms with Gasteiger partial charge in [-0.1, -0.05) is 6.92 Å². The molecule has 2 heterocycles. The van der Waals surface area contributed by atoms with Crippen LogP contribution in [0, 0.1) is 17.6 Å². The molecule has 2 saturated heterocycles. The normalized spacial score (nSPS) is 40.2. The topological polar surface area (TPSA) is 38.5 Å². The van der Waals surface area contributed by atoms with E-state index in [4.69, 9.17) is 10.5 Å². The number of nitrogens with two attached hydrogens (primary N) is 1. The average molecular weight is 252 g/mol. The summed E-state index contributed by atoms with van der Waals surface area (Å²) in [5.74, 6) is -0.681. The maximum Gasteiger partial charge on any atom is 0.151 e. The zero-order valence-electron chi connectivity index (χ0n) is 9.99. The largest absolute Gasteiger partial charge is 0.399 e. The van der Waals surface area contributed by atoms with E-state index in [0.29, 0.717) is 12.5 Å². The van der Waals surface area contributed by atoms with E-state index in [2.05, 4.69) is 6.92 Å². The summed E-state index contributed by atoms with van der Waals surface area (Å²) in [6, 6.07) is 2.36. The number of morpholine rings is 1. The first-order chi connectivity index (χ1) is 8.54. The molecule has 4 rings (SSSR count). The first-order valence-corrected chi connectivity index (χ1v) is 6.21. The molecule has 1 aliphatic carbocycles. The summed E-state index contributed by atoms with van der Waals surface area (Å²) in [7, 11) is 0. The second kappa shape index (κ2) is 2.96. The molecule has 0 aromatic heterocycles. The number of nitrogens with zero attached hydrogens (tertiary/aromatic N) is 1. The average Bonchev–Trinajstić information content (AvgIpc) is 2.26. The lowest BCUT2D eigenvalue weighted by molar-refractivity contribution is -0.313. The van der Waals surface area contributed by atoms with Crippen molar-refractivity contribution in [2.45, 2.75) is 31.1 Å². The predicted octanol–water partition coefficient (Wildman–Crippen LogP) is 1.91. The van der Waals surface area contributed by atoms with Crippen molar-refractivity contribution in [3.63, 3.8) is 0 Å². The van der Waals surface area contributed by atoms with E-state index in [1.54, 1.807) is 0 Å². The van der Waals surface area contributed by atoms with E-state index in [0.717, 1.165) is 6.42 Å². The zero-order valence-corrected chi connectivity index (χ0v) is 9.99. The summed E-state index contributed by atoms with van der Waals surface area (Å²) < 4.78 is 33.5. The molecule has 1 saturated carbocycles. The van der Waals surface area contributed by atoms with Crippen LogP contribution in [-0.4, -0.2) is 24.3 Å². The van der Waals surface area contributed by atoms with Gasteiger partial charge in [-0.05, 0) is 24.5 Å². The van der Waals surface area contributed by atoms with Gasteiger partial charge in [0.15, 0.2) is 11.6 Å². The molecule has 1 spiro atoms. The lowest BCUT2D eigenvalue weighted by Crippen LogP contribution is -2.92. The molecule has 0 bridgehead atoms. The molecule has 18 heavy (non-hydrogen) atoms. The van der Waals surface area contributed by atoms with Gasteiger partial charge in [0.1, 0.15) is 11.8 Å². The summed E-state index contributed by atoms with van der Waals surface area (Å²) in [4.78, 5) is 1.83. The first-order valence-electron chi connectivity index (χ1n) is 6.21. The van der Waals surface area contributed by atoms with E-state index >= 15 is 0 Å². The highest BCUT2D eigenvalue weighted by Crippen LogP contribution is 2.62. The van der Waals surface area contributed by atoms with E-state index in [1.807, 2.05) is 4.90 Å². The molecule has 3 nitrogen and oxygen atoms in total. The molecule has 96 valence electrons. The second-order valence-electron chi connectivity index (χ2n) is 5.66. The van der Waals surface area contributed by atoms with Gasteiger partial charge in [-0.15, -0.1) is 0 Å². The molecule has 4 atom stereocenters. The third-order valence-electron chi connectivity index (χ3n) is 4.69. The van der Waals surface area contributed by atoms with Crippen LogP contribution in [0.5, 0.6) is 0 Å². The molecule has 2 N–H and O–H groups in total. The third-order valence-corrected chi connectivity index (χ3v) is 4.69. The standard InChI is InChI=1S/C13H14F2N2O/c1-6-4-13-10(18-12(6)13)5-17(13)11-8(14)2-7(16)3-9(11)15/h2-3,6,10,12H,4-5,16H2,1H3/t6-,10?,12?,13?/m0/s1. The van der Waals surface area contributed by atoms with Gasteiger partial charge in [-0.2, -0.15) is 0 Å². The number of anilines is 2. The minimum absolute atomic E-state index is 0.0562. The van der Waals surface area contributed by atoms with Crippen molar-refractivity contribution in [2.75, 3.05) is 17.2 Å². The Morgan fingerprint density at radius 3 is 2.56 bits per heavy atom. The number of ether oxygens (including phenoxy) is 1. The highest BCUT2D eigenvalue weighted by atomic mass is 19.1. The summed E-state index contributed by atoms with van der Waals surface area (Å²) >= 11 is 0. The monoisotopic (exact) mass is 252 g/mol. The molecule has 2 aliphatic heterocycles. The Bertz CT molecular complexity index is 527. The summed E-state index contributed by atoms with van der Waals surface area (Å²) in [6.45, 7) is 2.68. The summed E-state index contributed by atoms with van der Waals surface area (Å²) in [5.41, 5.74) is 5.47. The Morgan fingerprint density at radius 2 is 2.06 bits per heavy atom. The maximum absolute atomic E-state index is 13.9. The van der Waals surface area contributed by atoms with Crippen LogP contribution < -0.4 is 10.6 Å². The molecule has 3 unspecified atom stereocenters. The van der Waals surface area contributed by atoms with Crippen molar-refractivity contribution in [1.29, 1.82) is 0 Å². The van der Waals surface area contributed by atoms with Crippen molar-refractivity contribution in [1.82, 2.24) is 0 Å². The van der Waals surface area contributed by atoms with Crippen LogP contribution in [0.1, 0.15) is 13.3 Å². The molecular formula is C13H14F2N2O. The van der Waals surface area contributed by atoms with Gasteiger partial charge in [0.2, 0.25) is 0 Å². The number of nitrogen functional groups attached to an aromatic ring is 1. The fourth-order valence-electron chi connectivity index (χ4n) is 3.86. The Labute approximate surface area is 104 Å². The van der Waals surface area contributed by atoms with Gasteiger partial charge in [-0.25, -0.2) is 8.78 Å². The molecular weight excluding hydrogens is 238 g/mol. The molecule has 3 aliphatic rings. The van der Waals surface area contributed by atoms with Gasteiger partial charge in [0, 0.05) is 12.2 Å². The van der Waals surface area contributed by atoms with Crippen LogP contribution in [0.15, 0.2) is 12.1 Å².